The number of benzene rings is 2. The van der Waals surface area contributed by atoms with E-state index in [4.69, 9.17) is 9.47 Å². The molecule has 4 heterocycles. The number of carbonyl (C=O) groups is 1. The lowest BCUT2D eigenvalue weighted by molar-refractivity contribution is -0.0589. The summed E-state index contributed by atoms with van der Waals surface area (Å²) in [5.41, 5.74) is 5.04. The Labute approximate surface area is 245 Å². The van der Waals surface area contributed by atoms with Crippen LogP contribution in [-0.2, 0) is 44.2 Å². The SMILES string of the molecule is Cn1nc(COc2cccc(-c3cc(F)c(Cc4nc5ccc(C(=O)O)cc5n4C[C@@H]4CCO4)cc3F)n2)c2c1CCC2. The zero-order chi connectivity index (χ0) is 29.7. The minimum atomic E-state index is -1.05. The summed E-state index contributed by atoms with van der Waals surface area (Å²) in [4.78, 5) is 20.7. The summed E-state index contributed by atoms with van der Waals surface area (Å²) in [5.74, 6) is -1.48. The van der Waals surface area contributed by atoms with Crippen LogP contribution in [-0.4, -0.2) is 48.1 Å². The van der Waals surface area contributed by atoms with Crippen molar-refractivity contribution < 1.29 is 28.2 Å². The van der Waals surface area contributed by atoms with Crippen molar-refractivity contribution in [2.75, 3.05) is 6.61 Å². The van der Waals surface area contributed by atoms with Crippen LogP contribution in [0.5, 0.6) is 5.88 Å². The first-order valence-electron chi connectivity index (χ1n) is 14.3. The second-order valence-corrected chi connectivity index (χ2v) is 11.0. The van der Waals surface area contributed by atoms with Gasteiger partial charge in [-0.05, 0) is 67.6 Å². The molecule has 0 unspecified atom stereocenters. The van der Waals surface area contributed by atoms with Gasteiger partial charge in [-0.1, -0.05) is 6.07 Å². The van der Waals surface area contributed by atoms with Crippen molar-refractivity contribution in [3.8, 4) is 17.1 Å². The molecule has 2 aliphatic rings. The van der Waals surface area contributed by atoms with Crippen LogP contribution in [0.1, 0.15) is 51.5 Å². The molecule has 0 bridgehead atoms. The van der Waals surface area contributed by atoms with Gasteiger partial charge in [0.05, 0.1) is 34.9 Å². The molecule has 2 aromatic carbocycles. The number of rotatable bonds is 9. The zero-order valence-electron chi connectivity index (χ0n) is 23.5. The molecule has 1 saturated heterocycles. The molecule has 7 rings (SSSR count). The van der Waals surface area contributed by atoms with E-state index in [1.54, 1.807) is 30.3 Å². The van der Waals surface area contributed by atoms with E-state index in [1.807, 2.05) is 16.3 Å². The molecular formula is C32H29F2N5O4. The summed E-state index contributed by atoms with van der Waals surface area (Å²) in [5, 5.41) is 14.0. The summed E-state index contributed by atoms with van der Waals surface area (Å²) in [6, 6.07) is 12.0. The van der Waals surface area contributed by atoms with Crippen LogP contribution in [0.2, 0.25) is 0 Å². The molecule has 11 heteroatoms. The molecule has 1 aliphatic heterocycles. The highest BCUT2D eigenvalue weighted by Gasteiger charge is 2.24. The summed E-state index contributed by atoms with van der Waals surface area (Å²) < 4.78 is 46.3. The number of aromatic carboxylic acids is 1. The number of carboxylic acid groups (broad SMARTS) is 1. The number of aryl methyl sites for hydroxylation is 1. The van der Waals surface area contributed by atoms with Gasteiger partial charge in [0.15, 0.2) is 0 Å². The molecule has 1 N–H and O–H groups in total. The molecular weight excluding hydrogens is 556 g/mol. The third-order valence-corrected chi connectivity index (χ3v) is 8.29. The largest absolute Gasteiger partial charge is 0.478 e. The molecule has 0 saturated carbocycles. The van der Waals surface area contributed by atoms with Crippen molar-refractivity contribution in [2.45, 2.75) is 51.4 Å². The predicted molar refractivity (Wildman–Crippen MR) is 153 cm³/mol. The van der Waals surface area contributed by atoms with Crippen molar-refractivity contribution in [3.05, 3.63) is 94.1 Å². The van der Waals surface area contributed by atoms with Gasteiger partial charge in [0, 0.05) is 43.0 Å². The fourth-order valence-corrected chi connectivity index (χ4v) is 5.97. The number of nitrogens with zero attached hydrogens (tertiary/aromatic N) is 5. The third kappa shape index (κ3) is 5.14. The van der Waals surface area contributed by atoms with Gasteiger partial charge in [-0.15, -0.1) is 0 Å². The van der Waals surface area contributed by atoms with Crippen molar-refractivity contribution >= 4 is 17.0 Å². The quantitative estimate of drug-likeness (QED) is 0.252. The van der Waals surface area contributed by atoms with E-state index < -0.39 is 17.6 Å². The fraction of sp³-hybridized carbons (Fsp3) is 0.312. The maximum atomic E-state index is 15.5. The Hall–Kier alpha value is -4.64. The van der Waals surface area contributed by atoms with Crippen LogP contribution in [0.15, 0.2) is 48.5 Å². The molecule has 0 amide bonds. The van der Waals surface area contributed by atoms with Gasteiger partial charge in [-0.3, -0.25) is 4.68 Å². The number of hydrogen-bond acceptors (Lipinski definition) is 6. The minimum absolute atomic E-state index is 0.0117. The monoisotopic (exact) mass is 585 g/mol. The lowest BCUT2D eigenvalue weighted by Gasteiger charge is -2.27. The predicted octanol–water partition coefficient (Wildman–Crippen LogP) is 5.26. The molecule has 0 spiro atoms. The molecule has 0 radical (unpaired) electrons. The lowest BCUT2D eigenvalue weighted by atomic mass is 10.0. The van der Waals surface area contributed by atoms with Crippen LogP contribution >= 0.6 is 0 Å². The van der Waals surface area contributed by atoms with Crippen LogP contribution < -0.4 is 4.74 Å². The first-order valence-corrected chi connectivity index (χ1v) is 14.3. The van der Waals surface area contributed by atoms with Gasteiger partial charge in [0.1, 0.15) is 29.8 Å². The Balaban J connectivity index is 1.15. The normalized spacial score (nSPS) is 15.9. The summed E-state index contributed by atoms with van der Waals surface area (Å²) >= 11 is 0. The maximum absolute atomic E-state index is 15.5. The van der Waals surface area contributed by atoms with E-state index in [1.165, 1.54) is 23.4 Å². The first-order chi connectivity index (χ1) is 20.8. The molecule has 1 atom stereocenters. The second-order valence-electron chi connectivity index (χ2n) is 11.0. The van der Waals surface area contributed by atoms with E-state index >= 15 is 8.78 Å². The molecule has 220 valence electrons. The zero-order valence-corrected chi connectivity index (χ0v) is 23.5. The van der Waals surface area contributed by atoms with Gasteiger partial charge in [-0.25, -0.2) is 23.5 Å². The molecule has 1 aliphatic carbocycles. The number of hydrogen-bond donors (Lipinski definition) is 1. The van der Waals surface area contributed by atoms with Crippen molar-refractivity contribution in [3.63, 3.8) is 0 Å². The van der Waals surface area contributed by atoms with Crippen LogP contribution in [0, 0.1) is 11.6 Å². The Morgan fingerprint density at radius 3 is 2.77 bits per heavy atom. The van der Waals surface area contributed by atoms with Crippen LogP contribution in [0.4, 0.5) is 8.78 Å². The molecule has 43 heavy (non-hydrogen) atoms. The van der Waals surface area contributed by atoms with E-state index in [2.05, 4.69) is 15.1 Å². The molecule has 5 aromatic rings. The average molecular weight is 586 g/mol. The highest BCUT2D eigenvalue weighted by atomic mass is 19.1. The number of imidazole rings is 1. The third-order valence-electron chi connectivity index (χ3n) is 8.29. The second kappa shape index (κ2) is 10.9. The number of ether oxygens (including phenoxy) is 2. The van der Waals surface area contributed by atoms with Crippen molar-refractivity contribution in [2.24, 2.45) is 7.05 Å². The van der Waals surface area contributed by atoms with Crippen molar-refractivity contribution in [1.29, 1.82) is 0 Å². The number of carboxylic acids is 1. The summed E-state index contributed by atoms with van der Waals surface area (Å²) in [6.07, 6.45) is 3.90. The van der Waals surface area contributed by atoms with Crippen molar-refractivity contribution in [1.82, 2.24) is 24.3 Å². The molecule has 1 fully saturated rings. The highest BCUT2D eigenvalue weighted by Crippen LogP contribution is 2.30. The minimum Gasteiger partial charge on any atom is -0.478 e. The topological polar surface area (TPSA) is 104 Å². The van der Waals surface area contributed by atoms with E-state index in [-0.39, 0.29) is 41.5 Å². The van der Waals surface area contributed by atoms with E-state index in [0.29, 0.717) is 35.9 Å². The summed E-state index contributed by atoms with van der Waals surface area (Å²) in [7, 11) is 1.93. The van der Waals surface area contributed by atoms with Gasteiger partial charge in [0.2, 0.25) is 5.88 Å². The van der Waals surface area contributed by atoms with Gasteiger partial charge in [-0.2, -0.15) is 5.10 Å². The Kier molecular flexibility index (Phi) is 6.89. The van der Waals surface area contributed by atoms with E-state index in [9.17, 15) is 9.90 Å². The number of halogens is 2. The van der Waals surface area contributed by atoms with Crippen LogP contribution in [0.3, 0.4) is 0 Å². The fourth-order valence-electron chi connectivity index (χ4n) is 5.97. The van der Waals surface area contributed by atoms with E-state index in [0.717, 1.165) is 37.4 Å². The smallest absolute Gasteiger partial charge is 0.335 e. The lowest BCUT2D eigenvalue weighted by Crippen LogP contribution is -2.31. The summed E-state index contributed by atoms with van der Waals surface area (Å²) in [6.45, 7) is 1.34. The van der Waals surface area contributed by atoms with Gasteiger partial charge >= 0.3 is 5.97 Å². The van der Waals surface area contributed by atoms with Gasteiger partial charge < -0.3 is 19.1 Å². The Morgan fingerprint density at radius 1 is 1.12 bits per heavy atom. The Bertz CT molecular complexity index is 1880. The number of fused-ring (bicyclic) bond motifs is 2. The Morgan fingerprint density at radius 2 is 1.98 bits per heavy atom. The maximum Gasteiger partial charge on any atom is 0.335 e. The first kappa shape index (κ1) is 27.2. The van der Waals surface area contributed by atoms with Crippen LogP contribution in [0.25, 0.3) is 22.3 Å². The standard InChI is InChI=1S/C32H29F2N5O4/c1-38-28-6-2-4-21(28)27(37-38)17-43-31-7-3-5-25(36-31)22-15-23(33)19(12-24(22)34)14-30-35-26-9-8-18(32(40)41)13-29(26)39(30)16-20-10-11-42-20/h3,5,7-9,12-13,15,20H,2,4,6,10-11,14,16-17H2,1H3,(H,40,41)/t20-/m0/s1. The van der Waals surface area contributed by atoms with Gasteiger partial charge in [0.25, 0.3) is 0 Å². The highest BCUT2D eigenvalue weighted by molar-refractivity contribution is 5.92. The average Bonchev–Trinajstić information content (AvgIpc) is 3.66. The number of aromatic nitrogens is 5. The molecule has 9 nitrogen and oxygen atoms in total. The number of pyridine rings is 1. The molecule has 3 aromatic heterocycles.